The van der Waals surface area contributed by atoms with Crippen LogP contribution >= 0.6 is 0 Å². The van der Waals surface area contributed by atoms with Crippen molar-refractivity contribution in [3.8, 4) is 6.07 Å². The SMILES string of the molecule is CCC(C)(C)NC(=O)c1ccc(NC(=O)N[C@H](C)CC#N)cc1. The molecule has 6 nitrogen and oxygen atoms in total. The summed E-state index contributed by atoms with van der Waals surface area (Å²) in [6.45, 7) is 7.70. The zero-order valence-electron chi connectivity index (χ0n) is 14.1. The molecular formula is C17H24N4O2. The standard InChI is InChI=1S/C17H24N4O2/c1-5-17(3,4)21-15(22)13-6-8-14(9-7-13)20-16(23)19-12(2)10-11-18/h6-9,12H,5,10H2,1-4H3,(H,21,22)(H2,19,20,23)/t12-/m1/s1. The van der Waals surface area contributed by atoms with Gasteiger partial charge in [-0.25, -0.2) is 4.79 Å². The first-order chi connectivity index (χ1) is 10.8. The van der Waals surface area contributed by atoms with Gasteiger partial charge in [-0.2, -0.15) is 5.26 Å². The van der Waals surface area contributed by atoms with E-state index in [-0.39, 0.29) is 29.9 Å². The monoisotopic (exact) mass is 316 g/mol. The van der Waals surface area contributed by atoms with Gasteiger partial charge in [0.05, 0.1) is 12.5 Å². The normalized spacial score (nSPS) is 12.0. The van der Waals surface area contributed by atoms with Crippen LogP contribution in [0, 0.1) is 11.3 Å². The number of amides is 3. The fourth-order valence-electron chi connectivity index (χ4n) is 1.75. The predicted octanol–water partition coefficient (Wildman–Crippen LogP) is 3.03. The second kappa shape index (κ2) is 8.18. The number of nitrogens with zero attached hydrogens (tertiary/aromatic N) is 1. The summed E-state index contributed by atoms with van der Waals surface area (Å²) < 4.78 is 0. The third-order valence-corrected chi connectivity index (χ3v) is 3.52. The maximum absolute atomic E-state index is 12.1. The molecule has 3 amide bonds. The van der Waals surface area contributed by atoms with Crippen LogP contribution in [0.15, 0.2) is 24.3 Å². The Balaban J connectivity index is 2.61. The van der Waals surface area contributed by atoms with Gasteiger partial charge in [0.1, 0.15) is 0 Å². The summed E-state index contributed by atoms with van der Waals surface area (Å²) in [4.78, 5) is 23.9. The number of rotatable bonds is 6. The van der Waals surface area contributed by atoms with Gasteiger partial charge in [-0.05, 0) is 51.5 Å². The number of hydrogen-bond donors (Lipinski definition) is 3. The number of nitriles is 1. The molecule has 0 saturated carbocycles. The Bertz CT molecular complexity index is 588. The predicted molar refractivity (Wildman–Crippen MR) is 90.1 cm³/mol. The molecule has 0 spiro atoms. The van der Waals surface area contributed by atoms with Crippen molar-refractivity contribution in [2.24, 2.45) is 0 Å². The molecule has 124 valence electrons. The average Bonchev–Trinajstić information content (AvgIpc) is 2.47. The number of anilines is 1. The average molecular weight is 316 g/mol. The molecule has 1 aromatic carbocycles. The van der Waals surface area contributed by atoms with Crippen LogP contribution in [0.4, 0.5) is 10.5 Å². The minimum absolute atomic E-state index is 0.143. The second-order valence-corrected chi connectivity index (χ2v) is 6.13. The highest BCUT2D eigenvalue weighted by atomic mass is 16.2. The first-order valence-electron chi connectivity index (χ1n) is 7.64. The first-order valence-corrected chi connectivity index (χ1v) is 7.64. The van der Waals surface area contributed by atoms with Crippen molar-refractivity contribution in [3.05, 3.63) is 29.8 Å². The van der Waals surface area contributed by atoms with E-state index in [9.17, 15) is 9.59 Å². The summed E-state index contributed by atoms with van der Waals surface area (Å²) in [5.74, 6) is -0.143. The number of nitrogens with one attached hydrogen (secondary N) is 3. The Kier molecular flexibility index (Phi) is 6.58. The molecule has 0 saturated heterocycles. The molecule has 0 heterocycles. The smallest absolute Gasteiger partial charge is 0.319 e. The lowest BCUT2D eigenvalue weighted by Gasteiger charge is -2.24. The lowest BCUT2D eigenvalue weighted by atomic mass is 10.0. The Morgan fingerprint density at radius 3 is 2.39 bits per heavy atom. The molecule has 0 aliphatic rings. The van der Waals surface area contributed by atoms with Crippen LogP contribution in [-0.2, 0) is 0 Å². The Morgan fingerprint density at radius 1 is 1.26 bits per heavy atom. The van der Waals surface area contributed by atoms with E-state index in [1.165, 1.54) is 0 Å². The van der Waals surface area contributed by atoms with Crippen molar-refractivity contribution < 1.29 is 9.59 Å². The molecule has 0 fully saturated rings. The van der Waals surface area contributed by atoms with Gasteiger partial charge in [0.2, 0.25) is 0 Å². The lowest BCUT2D eigenvalue weighted by molar-refractivity contribution is 0.0911. The van der Waals surface area contributed by atoms with Gasteiger partial charge >= 0.3 is 6.03 Å². The highest BCUT2D eigenvalue weighted by Crippen LogP contribution is 2.12. The Hall–Kier alpha value is -2.55. The van der Waals surface area contributed by atoms with E-state index in [1.807, 2.05) is 26.8 Å². The second-order valence-electron chi connectivity index (χ2n) is 6.13. The summed E-state index contributed by atoms with van der Waals surface area (Å²) in [5, 5.41) is 16.8. The highest BCUT2D eigenvalue weighted by Gasteiger charge is 2.18. The van der Waals surface area contributed by atoms with Crippen molar-refractivity contribution in [2.75, 3.05) is 5.32 Å². The molecule has 23 heavy (non-hydrogen) atoms. The van der Waals surface area contributed by atoms with Crippen LogP contribution in [-0.4, -0.2) is 23.5 Å². The minimum Gasteiger partial charge on any atom is -0.347 e. The molecule has 1 aromatic rings. The van der Waals surface area contributed by atoms with Gasteiger partial charge in [-0.3, -0.25) is 4.79 Å². The lowest BCUT2D eigenvalue weighted by Crippen LogP contribution is -2.42. The molecule has 1 rings (SSSR count). The molecule has 0 aliphatic heterocycles. The molecule has 0 radical (unpaired) electrons. The van der Waals surface area contributed by atoms with Crippen molar-refractivity contribution in [3.63, 3.8) is 0 Å². The van der Waals surface area contributed by atoms with Crippen LogP contribution in [0.5, 0.6) is 0 Å². The molecule has 3 N–H and O–H groups in total. The molecular weight excluding hydrogens is 292 g/mol. The number of carbonyl (C=O) groups excluding carboxylic acids is 2. The maximum Gasteiger partial charge on any atom is 0.319 e. The molecule has 6 heteroatoms. The van der Waals surface area contributed by atoms with Crippen LogP contribution in [0.1, 0.15) is 50.9 Å². The van der Waals surface area contributed by atoms with Gasteiger partial charge in [-0.1, -0.05) is 6.92 Å². The largest absolute Gasteiger partial charge is 0.347 e. The first kappa shape index (κ1) is 18.5. The summed E-state index contributed by atoms with van der Waals surface area (Å²) in [5.41, 5.74) is 0.860. The Morgan fingerprint density at radius 2 is 1.87 bits per heavy atom. The third-order valence-electron chi connectivity index (χ3n) is 3.52. The minimum atomic E-state index is -0.378. The Labute approximate surface area is 137 Å². The van der Waals surface area contributed by atoms with E-state index in [0.29, 0.717) is 11.3 Å². The number of benzene rings is 1. The maximum atomic E-state index is 12.1. The van der Waals surface area contributed by atoms with E-state index in [1.54, 1.807) is 31.2 Å². The fraction of sp³-hybridized carbons (Fsp3) is 0.471. The molecule has 0 aliphatic carbocycles. The summed E-state index contributed by atoms with van der Waals surface area (Å²) >= 11 is 0. The van der Waals surface area contributed by atoms with Gasteiger partial charge in [0.25, 0.3) is 5.91 Å². The summed E-state index contributed by atoms with van der Waals surface area (Å²) in [7, 11) is 0. The zero-order valence-corrected chi connectivity index (χ0v) is 14.1. The van der Waals surface area contributed by atoms with Crippen LogP contribution < -0.4 is 16.0 Å². The van der Waals surface area contributed by atoms with E-state index in [0.717, 1.165) is 6.42 Å². The van der Waals surface area contributed by atoms with Gasteiger partial charge in [-0.15, -0.1) is 0 Å². The van der Waals surface area contributed by atoms with E-state index >= 15 is 0 Å². The number of hydrogen-bond acceptors (Lipinski definition) is 3. The fourth-order valence-corrected chi connectivity index (χ4v) is 1.75. The highest BCUT2D eigenvalue weighted by molar-refractivity contribution is 5.96. The van der Waals surface area contributed by atoms with Gasteiger partial charge < -0.3 is 16.0 Å². The number of urea groups is 1. The molecule has 0 aromatic heterocycles. The van der Waals surface area contributed by atoms with Crippen LogP contribution in [0.25, 0.3) is 0 Å². The van der Waals surface area contributed by atoms with Crippen LogP contribution in [0.2, 0.25) is 0 Å². The molecule has 0 unspecified atom stereocenters. The van der Waals surface area contributed by atoms with Crippen molar-refractivity contribution in [1.82, 2.24) is 10.6 Å². The van der Waals surface area contributed by atoms with Crippen molar-refractivity contribution in [2.45, 2.75) is 52.1 Å². The van der Waals surface area contributed by atoms with Crippen LogP contribution in [0.3, 0.4) is 0 Å². The van der Waals surface area contributed by atoms with Crippen molar-refractivity contribution >= 4 is 17.6 Å². The number of carbonyl (C=O) groups is 2. The summed E-state index contributed by atoms with van der Waals surface area (Å²) in [6.07, 6.45) is 1.08. The van der Waals surface area contributed by atoms with E-state index in [2.05, 4.69) is 16.0 Å². The van der Waals surface area contributed by atoms with Crippen molar-refractivity contribution in [1.29, 1.82) is 5.26 Å². The zero-order chi connectivity index (χ0) is 17.5. The van der Waals surface area contributed by atoms with E-state index in [4.69, 9.17) is 5.26 Å². The molecule has 0 bridgehead atoms. The van der Waals surface area contributed by atoms with E-state index < -0.39 is 0 Å². The van der Waals surface area contributed by atoms with Gasteiger partial charge in [0.15, 0.2) is 0 Å². The quantitative estimate of drug-likeness (QED) is 0.753. The van der Waals surface area contributed by atoms with Gasteiger partial charge in [0, 0.05) is 22.8 Å². The third kappa shape index (κ3) is 6.39. The molecule has 1 atom stereocenters. The topological polar surface area (TPSA) is 94.0 Å². The summed E-state index contributed by atoms with van der Waals surface area (Å²) in [6, 6.07) is 8.06.